The molecule has 0 saturated carbocycles. The average Bonchev–Trinajstić information content (AvgIpc) is 3.16. The number of hydrogen-bond acceptors (Lipinski definition) is 5. The van der Waals surface area contributed by atoms with Gasteiger partial charge in [0.15, 0.2) is 5.69 Å². The average molecular weight is 308 g/mol. The summed E-state index contributed by atoms with van der Waals surface area (Å²) in [7, 11) is 0. The van der Waals surface area contributed by atoms with Gasteiger partial charge in [0.1, 0.15) is 5.69 Å². The van der Waals surface area contributed by atoms with E-state index >= 15 is 0 Å². The molecule has 3 aromatic rings. The maximum absolute atomic E-state index is 13.3. The first-order valence-corrected chi connectivity index (χ1v) is 5.98. The molecule has 0 unspecified atom stereocenters. The Labute approximate surface area is 121 Å². The van der Waals surface area contributed by atoms with E-state index in [-0.39, 0.29) is 10.2 Å². The van der Waals surface area contributed by atoms with Crippen LogP contribution in [0.5, 0.6) is 0 Å². The monoisotopic (exact) mass is 308 g/mol. The predicted molar refractivity (Wildman–Crippen MR) is 66.7 cm³/mol. The van der Waals surface area contributed by atoms with Gasteiger partial charge in [-0.25, -0.2) is 4.79 Å². The van der Waals surface area contributed by atoms with E-state index in [1.165, 1.54) is 18.3 Å². The quantitative estimate of drug-likeness (QED) is 0.687. The number of halogens is 3. The van der Waals surface area contributed by atoms with Crippen molar-refractivity contribution in [2.24, 2.45) is 0 Å². The number of benzene rings is 1. The van der Waals surface area contributed by atoms with Crippen molar-refractivity contribution in [3.8, 4) is 11.3 Å². The Hall–Kier alpha value is -3.04. The van der Waals surface area contributed by atoms with E-state index in [2.05, 4.69) is 20.6 Å². The van der Waals surface area contributed by atoms with Crippen molar-refractivity contribution < 1.29 is 18.0 Å². The van der Waals surface area contributed by atoms with Crippen LogP contribution in [0.3, 0.4) is 0 Å². The van der Waals surface area contributed by atoms with Crippen LogP contribution in [0, 0.1) is 0 Å². The maximum Gasteiger partial charge on any atom is 0.435 e. The molecular formula is C12H7F3N6O. The van der Waals surface area contributed by atoms with Gasteiger partial charge in [-0.15, -0.1) is 10.2 Å². The Bertz CT molecular complexity index is 794. The van der Waals surface area contributed by atoms with Gasteiger partial charge in [0.05, 0.1) is 12.4 Å². The maximum atomic E-state index is 13.3. The van der Waals surface area contributed by atoms with Crippen molar-refractivity contribution in [1.82, 2.24) is 30.0 Å². The van der Waals surface area contributed by atoms with Crippen molar-refractivity contribution in [2.75, 3.05) is 0 Å². The molecule has 0 fully saturated rings. The van der Waals surface area contributed by atoms with Gasteiger partial charge in [-0.3, -0.25) is 0 Å². The number of nitrogens with zero attached hydrogens (tertiary/aromatic N) is 6. The fourth-order valence-electron chi connectivity index (χ4n) is 1.87. The summed E-state index contributed by atoms with van der Waals surface area (Å²) in [6.45, 7) is 0. The lowest BCUT2D eigenvalue weighted by atomic mass is 10.1. The minimum Gasteiger partial charge on any atom is -0.243 e. The van der Waals surface area contributed by atoms with Crippen LogP contribution in [0.2, 0.25) is 0 Å². The molecule has 0 aliphatic heterocycles. The molecule has 22 heavy (non-hydrogen) atoms. The Balaban J connectivity index is 2.17. The highest BCUT2D eigenvalue weighted by atomic mass is 19.4. The van der Waals surface area contributed by atoms with Crippen LogP contribution in [0.15, 0.2) is 42.7 Å². The van der Waals surface area contributed by atoms with Crippen LogP contribution < -0.4 is 0 Å². The molecule has 0 radical (unpaired) electrons. The summed E-state index contributed by atoms with van der Waals surface area (Å²) < 4.78 is 40.8. The summed E-state index contributed by atoms with van der Waals surface area (Å²) in [5.41, 5.74) is -1.49. The molecule has 3 rings (SSSR count). The smallest absolute Gasteiger partial charge is 0.243 e. The van der Waals surface area contributed by atoms with Crippen LogP contribution in [0.25, 0.3) is 11.3 Å². The number of aromatic nitrogens is 6. The molecule has 2 aromatic heterocycles. The molecule has 0 bridgehead atoms. The van der Waals surface area contributed by atoms with E-state index in [0.717, 1.165) is 6.20 Å². The highest BCUT2D eigenvalue weighted by molar-refractivity contribution is 5.80. The molecule has 2 heterocycles. The molecule has 0 aliphatic rings. The second-order valence-electron chi connectivity index (χ2n) is 4.19. The van der Waals surface area contributed by atoms with Gasteiger partial charge in [0.2, 0.25) is 0 Å². The molecular weight excluding hydrogens is 301 g/mol. The highest BCUT2D eigenvalue weighted by Crippen LogP contribution is 2.35. The Kier molecular flexibility index (Phi) is 3.20. The van der Waals surface area contributed by atoms with Crippen molar-refractivity contribution >= 4 is 6.03 Å². The van der Waals surface area contributed by atoms with Crippen molar-refractivity contribution in [1.29, 1.82) is 0 Å². The molecule has 10 heteroatoms. The van der Waals surface area contributed by atoms with Gasteiger partial charge >= 0.3 is 12.2 Å². The van der Waals surface area contributed by atoms with E-state index < -0.39 is 23.6 Å². The first-order chi connectivity index (χ1) is 10.5. The zero-order chi connectivity index (χ0) is 15.7. The summed E-state index contributed by atoms with van der Waals surface area (Å²) in [4.78, 5) is 12.0. The minimum absolute atomic E-state index is 0.164. The molecule has 0 amide bonds. The molecule has 1 aromatic carbocycles. The third kappa shape index (κ3) is 2.34. The molecule has 0 saturated heterocycles. The van der Waals surface area contributed by atoms with Gasteiger partial charge in [-0.2, -0.15) is 22.5 Å². The SMILES string of the molecule is O=C(n1ccnn1)n1nnc(-c2ccccc2)c1C(F)(F)F. The highest BCUT2D eigenvalue weighted by Gasteiger charge is 2.41. The molecule has 0 spiro atoms. The second-order valence-corrected chi connectivity index (χ2v) is 4.19. The predicted octanol–water partition coefficient (Wildman–Crippen LogP) is 2.07. The third-order valence-corrected chi connectivity index (χ3v) is 2.79. The first kappa shape index (κ1) is 13.9. The largest absolute Gasteiger partial charge is 0.435 e. The van der Waals surface area contributed by atoms with Crippen molar-refractivity contribution in [3.63, 3.8) is 0 Å². The number of carbonyl (C=O) groups is 1. The normalized spacial score (nSPS) is 11.6. The van der Waals surface area contributed by atoms with Crippen LogP contribution in [0.1, 0.15) is 5.69 Å². The van der Waals surface area contributed by atoms with Crippen LogP contribution >= 0.6 is 0 Å². The number of alkyl halides is 3. The zero-order valence-electron chi connectivity index (χ0n) is 10.8. The standard InChI is InChI=1S/C12H7F3N6O/c13-12(14,15)10-9(8-4-2-1-3-5-8)17-19-21(10)11(22)20-7-6-16-18-20/h1-7H. The number of rotatable bonds is 1. The lowest BCUT2D eigenvalue weighted by Crippen LogP contribution is -2.27. The second kappa shape index (κ2) is 5.06. The van der Waals surface area contributed by atoms with E-state index in [1.807, 2.05) is 0 Å². The summed E-state index contributed by atoms with van der Waals surface area (Å²) in [6, 6.07) is 6.55. The first-order valence-electron chi connectivity index (χ1n) is 5.98. The summed E-state index contributed by atoms with van der Waals surface area (Å²) in [5, 5.41) is 13.6. The van der Waals surface area contributed by atoms with Crippen LogP contribution in [-0.4, -0.2) is 36.0 Å². The zero-order valence-corrected chi connectivity index (χ0v) is 10.8. The number of carbonyl (C=O) groups excluding carboxylic acids is 1. The Morgan fingerprint density at radius 3 is 2.41 bits per heavy atom. The van der Waals surface area contributed by atoms with E-state index in [0.29, 0.717) is 4.68 Å². The lowest BCUT2D eigenvalue weighted by molar-refractivity contribution is -0.142. The number of hydrogen-bond donors (Lipinski definition) is 0. The van der Waals surface area contributed by atoms with Gasteiger partial charge < -0.3 is 0 Å². The fraction of sp³-hybridized carbons (Fsp3) is 0.0833. The Morgan fingerprint density at radius 2 is 1.82 bits per heavy atom. The summed E-state index contributed by atoms with van der Waals surface area (Å²) in [6.07, 6.45) is -2.53. The van der Waals surface area contributed by atoms with Crippen molar-refractivity contribution in [3.05, 3.63) is 48.4 Å². The van der Waals surface area contributed by atoms with Crippen LogP contribution in [-0.2, 0) is 6.18 Å². The topological polar surface area (TPSA) is 78.5 Å². The third-order valence-electron chi connectivity index (χ3n) is 2.79. The minimum atomic E-state index is -4.81. The lowest BCUT2D eigenvalue weighted by Gasteiger charge is -2.09. The summed E-state index contributed by atoms with van der Waals surface area (Å²) in [5.74, 6) is 0. The van der Waals surface area contributed by atoms with Gasteiger partial charge in [0.25, 0.3) is 0 Å². The Morgan fingerprint density at radius 1 is 1.09 bits per heavy atom. The molecule has 112 valence electrons. The van der Waals surface area contributed by atoms with Crippen molar-refractivity contribution in [2.45, 2.75) is 6.18 Å². The summed E-state index contributed by atoms with van der Waals surface area (Å²) >= 11 is 0. The molecule has 7 nitrogen and oxygen atoms in total. The van der Waals surface area contributed by atoms with Gasteiger partial charge in [0, 0.05) is 5.56 Å². The van der Waals surface area contributed by atoms with E-state index in [9.17, 15) is 18.0 Å². The van der Waals surface area contributed by atoms with E-state index in [1.54, 1.807) is 18.2 Å². The van der Waals surface area contributed by atoms with E-state index in [4.69, 9.17) is 0 Å². The van der Waals surface area contributed by atoms with Gasteiger partial charge in [-0.1, -0.05) is 40.8 Å². The molecule has 0 N–H and O–H groups in total. The molecule has 0 atom stereocenters. The fourth-order valence-corrected chi connectivity index (χ4v) is 1.87. The van der Waals surface area contributed by atoms with Gasteiger partial charge in [-0.05, 0) is 0 Å². The molecule has 0 aliphatic carbocycles. The van der Waals surface area contributed by atoms with Crippen LogP contribution in [0.4, 0.5) is 18.0 Å².